The molecular weight excluding hydrogens is 877 g/mol. The van der Waals surface area contributed by atoms with Gasteiger partial charge in [0.05, 0.1) is 22.7 Å². The van der Waals surface area contributed by atoms with E-state index in [2.05, 4.69) is 256 Å². The van der Waals surface area contributed by atoms with Crippen molar-refractivity contribution in [1.82, 2.24) is 0 Å². The van der Waals surface area contributed by atoms with Crippen LogP contribution in [0.25, 0.3) is 98.4 Å². The molecule has 2 aromatic heterocycles. The van der Waals surface area contributed by atoms with E-state index < -0.39 is 0 Å². The van der Waals surface area contributed by atoms with Gasteiger partial charge in [0.25, 0.3) is 0 Å². The molecule has 0 saturated carbocycles. The first-order valence-electron chi connectivity index (χ1n) is 24.8. The molecule has 0 atom stereocenters. The summed E-state index contributed by atoms with van der Waals surface area (Å²) < 4.78 is 14.3. The zero-order valence-electron chi connectivity index (χ0n) is 40.5. The smallest absolute Gasteiger partial charge is 0.159 e. The van der Waals surface area contributed by atoms with E-state index in [0.717, 1.165) is 99.9 Å². The highest BCUT2D eigenvalue weighted by molar-refractivity contribution is 6.30. The molecule has 0 unspecified atom stereocenters. The van der Waals surface area contributed by atoms with Gasteiger partial charge in [-0.05, 0) is 131 Å². The largest absolute Gasteiger partial charge is 0.453 e. The second-order valence-electron chi connectivity index (χ2n) is 19.3. The van der Waals surface area contributed by atoms with Gasteiger partial charge < -0.3 is 18.6 Å². The number of rotatable bonds is 8. The van der Waals surface area contributed by atoms with E-state index in [4.69, 9.17) is 8.83 Å². The summed E-state index contributed by atoms with van der Waals surface area (Å²) >= 11 is 0. The molecule has 4 nitrogen and oxygen atoms in total. The number of hydrogen-bond donors (Lipinski definition) is 0. The summed E-state index contributed by atoms with van der Waals surface area (Å²) in [6, 6.07) is 78.9. The maximum atomic E-state index is 7.17. The van der Waals surface area contributed by atoms with Crippen LogP contribution in [0.3, 0.4) is 0 Å². The van der Waals surface area contributed by atoms with Crippen molar-refractivity contribution in [2.45, 2.75) is 27.7 Å². The van der Waals surface area contributed by atoms with E-state index in [-0.39, 0.29) is 0 Å². The Labute approximate surface area is 417 Å². The van der Waals surface area contributed by atoms with Gasteiger partial charge >= 0.3 is 0 Å². The van der Waals surface area contributed by atoms with Crippen LogP contribution >= 0.6 is 0 Å². The van der Waals surface area contributed by atoms with Gasteiger partial charge in [-0.15, -0.1) is 0 Å². The molecule has 12 aromatic carbocycles. The Morgan fingerprint density at radius 2 is 0.597 bits per heavy atom. The highest BCUT2D eigenvalue weighted by Crippen LogP contribution is 2.52. The van der Waals surface area contributed by atoms with Crippen molar-refractivity contribution in [3.05, 3.63) is 241 Å². The Morgan fingerprint density at radius 3 is 1.01 bits per heavy atom. The molecule has 0 radical (unpaired) electrons. The van der Waals surface area contributed by atoms with Crippen molar-refractivity contribution in [3.8, 4) is 22.3 Å². The number of nitrogens with zero attached hydrogens (tertiary/aromatic N) is 2. The number of furan rings is 2. The molecule has 72 heavy (non-hydrogen) atoms. The molecule has 0 spiro atoms. The van der Waals surface area contributed by atoms with Crippen molar-refractivity contribution < 1.29 is 8.83 Å². The third-order valence-corrected chi connectivity index (χ3v) is 15.1. The average Bonchev–Trinajstić information content (AvgIpc) is 4.01. The van der Waals surface area contributed by atoms with Crippen LogP contribution in [0.15, 0.2) is 227 Å². The second-order valence-corrected chi connectivity index (χ2v) is 19.3. The normalized spacial score (nSPS) is 11.9. The molecule has 4 heteroatoms. The predicted octanol–water partition coefficient (Wildman–Crippen LogP) is 19.9. The summed E-state index contributed by atoms with van der Waals surface area (Å²) in [6.07, 6.45) is 0. The lowest BCUT2D eigenvalue weighted by molar-refractivity contribution is 0.670. The van der Waals surface area contributed by atoms with Crippen molar-refractivity contribution in [1.29, 1.82) is 0 Å². The fraction of sp³-hybridized carbons (Fsp3) is 0.0588. The molecule has 342 valence electrons. The third-order valence-electron chi connectivity index (χ3n) is 15.1. The molecule has 0 amide bonds. The number of fused-ring (bicyclic) bond motifs is 6. The molecule has 0 bridgehead atoms. The molecule has 0 fully saturated rings. The number of benzene rings is 12. The van der Waals surface area contributed by atoms with E-state index in [1.807, 2.05) is 0 Å². The lowest BCUT2D eigenvalue weighted by Crippen LogP contribution is -2.12. The van der Waals surface area contributed by atoms with Gasteiger partial charge in [-0.1, -0.05) is 170 Å². The molecule has 0 aliphatic carbocycles. The minimum absolute atomic E-state index is 0.850. The van der Waals surface area contributed by atoms with Crippen molar-refractivity contribution in [3.63, 3.8) is 0 Å². The van der Waals surface area contributed by atoms with Gasteiger partial charge in [0.15, 0.2) is 11.2 Å². The number of para-hydroxylation sites is 6. The first kappa shape index (κ1) is 41.8. The molecule has 0 N–H and O–H groups in total. The number of aryl methyl sites for hydroxylation is 4. The first-order valence-corrected chi connectivity index (χ1v) is 24.8. The lowest BCUT2D eigenvalue weighted by atomic mass is 9.88. The maximum Gasteiger partial charge on any atom is 0.159 e. The molecule has 14 rings (SSSR count). The van der Waals surface area contributed by atoms with E-state index in [0.29, 0.717) is 0 Å². The minimum Gasteiger partial charge on any atom is -0.453 e. The average molecular weight is 925 g/mol. The fourth-order valence-electron chi connectivity index (χ4n) is 11.8. The summed E-state index contributed by atoms with van der Waals surface area (Å²) in [4.78, 5) is 4.82. The molecule has 0 aliphatic rings. The Morgan fingerprint density at radius 1 is 0.250 bits per heavy atom. The lowest BCUT2D eigenvalue weighted by Gasteiger charge is -2.30. The number of anilines is 6. The summed E-state index contributed by atoms with van der Waals surface area (Å²) in [6.45, 7) is 8.85. The van der Waals surface area contributed by atoms with E-state index in [9.17, 15) is 0 Å². The SMILES string of the molecule is Cc1ccccc1-c1cccc2c1oc1c(N(c3ccccc3)c3cc(C)c4ccc5c(N(c6ccccc6)c6cccc7c6oc6c(-c8ccccc8C)cccc67)cc(C)c6ccc3c4c65)cccc12. The zero-order chi connectivity index (χ0) is 48.2. The van der Waals surface area contributed by atoms with Gasteiger partial charge in [0.2, 0.25) is 0 Å². The monoisotopic (exact) mass is 924 g/mol. The Bertz CT molecular complexity index is 4160. The highest BCUT2D eigenvalue weighted by Gasteiger charge is 2.27. The molecule has 0 aliphatic heterocycles. The van der Waals surface area contributed by atoms with Gasteiger partial charge in [-0.2, -0.15) is 0 Å². The van der Waals surface area contributed by atoms with E-state index in [1.165, 1.54) is 54.9 Å². The van der Waals surface area contributed by atoms with Gasteiger partial charge in [-0.25, -0.2) is 0 Å². The summed E-state index contributed by atoms with van der Waals surface area (Å²) in [5.74, 6) is 0. The molecule has 14 aromatic rings. The van der Waals surface area contributed by atoms with Crippen LogP contribution in [0.2, 0.25) is 0 Å². The van der Waals surface area contributed by atoms with Crippen LogP contribution in [-0.4, -0.2) is 0 Å². The third kappa shape index (κ3) is 6.25. The van der Waals surface area contributed by atoms with Crippen molar-refractivity contribution in [2.75, 3.05) is 9.80 Å². The summed E-state index contributed by atoms with van der Waals surface area (Å²) in [5, 5.41) is 11.6. The summed E-state index contributed by atoms with van der Waals surface area (Å²) in [5.41, 5.74) is 19.1. The van der Waals surface area contributed by atoms with Crippen LogP contribution in [-0.2, 0) is 0 Å². The van der Waals surface area contributed by atoms with Crippen LogP contribution < -0.4 is 9.80 Å². The quantitative estimate of drug-likeness (QED) is 0.142. The maximum absolute atomic E-state index is 7.17. The van der Waals surface area contributed by atoms with Crippen molar-refractivity contribution >= 4 is 110 Å². The molecule has 0 saturated heterocycles. The predicted molar refractivity (Wildman–Crippen MR) is 304 cm³/mol. The highest BCUT2D eigenvalue weighted by atomic mass is 16.3. The molecule has 2 heterocycles. The first-order chi connectivity index (χ1) is 35.4. The topological polar surface area (TPSA) is 32.8 Å². The standard InChI is InChI=1S/C68H48N2O2/c1-41-19-11-13-25-47(41)51-27-15-29-53-55-31-17-33-59(67(55)71-65(51)53)69(45-21-7-5-8-22-45)61-39-43(3)49-36-38-58-62(40-44(4)50-35-37-57(61)63(49)64(50)58)70(46-23-9-6-10-24-46)60-34-18-32-56-54-30-16-28-52(66(54)72-68(56)60)48-26-14-12-20-42(48)2/h5-40H,1-4H3. The van der Waals surface area contributed by atoms with Gasteiger partial charge in [-0.3, -0.25) is 0 Å². The number of hydrogen-bond acceptors (Lipinski definition) is 4. The van der Waals surface area contributed by atoms with Crippen molar-refractivity contribution in [2.24, 2.45) is 0 Å². The van der Waals surface area contributed by atoms with Gasteiger partial charge in [0.1, 0.15) is 11.2 Å². The Kier molecular flexibility index (Phi) is 9.43. The second kappa shape index (κ2) is 16.2. The Balaban J connectivity index is 1.02. The van der Waals surface area contributed by atoms with E-state index in [1.54, 1.807) is 0 Å². The van der Waals surface area contributed by atoms with E-state index >= 15 is 0 Å². The fourth-order valence-corrected chi connectivity index (χ4v) is 11.8. The van der Waals surface area contributed by atoms with Gasteiger partial charge in [0, 0.05) is 54.8 Å². The zero-order valence-corrected chi connectivity index (χ0v) is 40.5. The van der Waals surface area contributed by atoms with Crippen LogP contribution in [0.1, 0.15) is 22.3 Å². The minimum atomic E-state index is 0.850. The van der Waals surface area contributed by atoms with Crippen LogP contribution in [0.4, 0.5) is 34.1 Å². The van der Waals surface area contributed by atoms with Crippen LogP contribution in [0.5, 0.6) is 0 Å². The Hall–Kier alpha value is -9.12. The summed E-state index contributed by atoms with van der Waals surface area (Å²) in [7, 11) is 0. The van der Waals surface area contributed by atoms with Crippen LogP contribution in [0, 0.1) is 27.7 Å². The molecular formula is C68H48N2O2.